The summed E-state index contributed by atoms with van der Waals surface area (Å²) in [5.41, 5.74) is -1.13. The molecule has 0 aromatic heterocycles. The predicted molar refractivity (Wildman–Crippen MR) is 60.0 cm³/mol. The number of amidine groups is 1. The van der Waals surface area contributed by atoms with E-state index in [1.807, 2.05) is 0 Å². The third kappa shape index (κ3) is 2.37. The van der Waals surface area contributed by atoms with Gasteiger partial charge in [0.05, 0.1) is 0 Å². The van der Waals surface area contributed by atoms with Crippen LogP contribution in [0, 0.1) is 11.3 Å². The maximum absolute atomic E-state index is 11.8. The summed E-state index contributed by atoms with van der Waals surface area (Å²) in [7, 11) is 0. The van der Waals surface area contributed by atoms with Crippen LogP contribution >= 0.6 is 0 Å². The van der Waals surface area contributed by atoms with Crippen molar-refractivity contribution in [2.75, 3.05) is 0 Å². The Kier molecular flexibility index (Phi) is 5.82. The maximum Gasteiger partial charge on any atom is 1.00 e. The van der Waals surface area contributed by atoms with Gasteiger partial charge in [0.2, 0.25) is 5.91 Å². The number of rotatable bonds is 3. The minimum absolute atomic E-state index is 0. The van der Waals surface area contributed by atoms with Crippen molar-refractivity contribution >= 4 is 29.6 Å². The smallest absolute Gasteiger partial charge is 0.742 e. The van der Waals surface area contributed by atoms with Crippen LogP contribution in [0.5, 0.6) is 0 Å². The minimum atomic E-state index is -1.13. The molecule has 82 valence electrons. The molecule has 1 N–H and O–H groups in total. The average molecular weight is 248 g/mol. The van der Waals surface area contributed by atoms with Gasteiger partial charge in [-0.2, -0.15) is 0 Å². The van der Waals surface area contributed by atoms with Gasteiger partial charge >= 0.3 is 29.6 Å². The molecule has 0 fully saturated rings. The molecule has 4 nitrogen and oxygen atoms in total. The summed E-state index contributed by atoms with van der Waals surface area (Å²) in [4.78, 5) is 27.3. The van der Waals surface area contributed by atoms with E-state index in [9.17, 15) is 9.59 Å². The molecule has 0 aromatic carbocycles. The summed E-state index contributed by atoms with van der Waals surface area (Å²) in [6.45, 7) is 7.16. The third-order valence-electron chi connectivity index (χ3n) is 2.90. The summed E-state index contributed by atoms with van der Waals surface area (Å²) in [5, 5.41) is 2.37. The van der Waals surface area contributed by atoms with Gasteiger partial charge in [0.1, 0.15) is 5.41 Å². The van der Waals surface area contributed by atoms with Crippen molar-refractivity contribution in [1.29, 1.82) is 0 Å². The summed E-state index contributed by atoms with van der Waals surface area (Å²) in [6.07, 6.45) is 1.97. The molecule has 0 radical (unpaired) electrons. The van der Waals surface area contributed by atoms with Gasteiger partial charge in [-0.25, -0.2) is 4.99 Å². The first kappa shape index (κ1) is 15.8. The van der Waals surface area contributed by atoms with Crippen molar-refractivity contribution in [3.8, 4) is 0 Å². The van der Waals surface area contributed by atoms with E-state index in [1.54, 1.807) is 19.9 Å². The van der Waals surface area contributed by atoms with E-state index in [0.717, 1.165) is 0 Å². The molecule has 16 heavy (non-hydrogen) atoms. The standard InChI is InChI=1S/C10H14N2O2S.Na/c1-4-6(3)10(5-2)7(13)11-9(15)12-8(10)14;/h4,6H,1,5H2,2-3H3,(H2,11,12,13,14,15);/q;+1/p-1. The maximum atomic E-state index is 11.8. The van der Waals surface area contributed by atoms with Gasteiger partial charge in [-0.15, -0.1) is 6.58 Å². The van der Waals surface area contributed by atoms with E-state index in [1.165, 1.54) is 0 Å². The van der Waals surface area contributed by atoms with Crippen LogP contribution in [-0.4, -0.2) is 17.0 Å². The normalized spacial score (nSPS) is 26.2. The summed E-state index contributed by atoms with van der Waals surface area (Å²) in [5.74, 6) is -1.10. The second kappa shape index (κ2) is 5.91. The van der Waals surface area contributed by atoms with Gasteiger partial charge in [0.15, 0.2) is 0 Å². The van der Waals surface area contributed by atoms with Crippen molar-refractivity contribution in [2.24, 2.45) is 16.3 Å². The van der Waals surface area contributed by atoms with Crippen LogP contribution in [0.4, 0.5) is 0 Å². The molecule has 0 saturated carbocycles. The second-order valence-corrected chi connectivity index (χ2v) is 3.91. The van der Waals surface area contributed by atoms with Gasteiger partial charge in [0.25, 0.3) is 5.91 Å². The Hall–Kier alpha value is -0.230. The SMILES string of the molecule is C=CC(C)C1(CC)C(=O)N=C([S-])NC1=O.[Na+]. The largest absolute Gasteiger partial charge is 1.00 e. The van der Waals surface area contributed by atoms with Crippen molar-refractivity contribution in [3.63, 3.8) is 0 Å². The number of allylic oxidation sites excluding steroid dienone is 1. The molecule has 1 heterocycles. The molecule has 1 aliphatic heterocycles. The van der Waals surface area contributed by atoms with Crippen LogP contribution in [0.15, 0.2) is 17.6 Å². The Labute approximate surface area is 123 Å². The molecule has 2 atom stereocenters. The molecule has 2 amide bonds. The first-order valence-corrected chi connectivity index (χ1v) is 5.14. The van der Waals surface area contributed by atoms with Crippen LogP contribution in [0.1, 0.15) is 20.3 Å². The molecule has 0 spiro atoms. The van der Waals surface area contributed by atoms with Crippen molar-refractivity contribution in [2.45, 2.75) is 20.3 Å². The quantitative estimate of drug-likeness (QED) is 0.266. The zero-order valence-electron chi connectivity index (χ0n) is 9.74. The molecule has 0 aromatic rings. The van der Waals surface area contributed by atoms with Crippen LogP contribution < -0.4 is 34.9 Å². The first-order chi connectivity index (χ1) is 6.98. The van der Waals surface area contributed by atoms with Crippen LogP contribution in [0.3, 0.4) is 0 Å². The van der Waals surface area contributed by atoms with Crippen LogP contribution in [-0.2, 0) is 22.2 Å². The number of carbonyl (C=O) groups is 2. The van der Waals surface area contributed by atoms with Crippen molar-refractivity contribution < 1.29 is 39.1 Å². The summed E-state index contributed by atoms with van der Waals surface area (Å²) < 4.78 is 0. The Morgan fingerprint density at radius 3 is 2.56 bits per heavy atom. The van der Waals surface area contributed by atoms with E-state index in [-0.39, 0.29) is 46.6 Å². The third-order valence-corrected chi connectivity index (χ3v) is 3.09. The van der Waals surface area contributed by atoms with Crippen LogP contribution in [0.2, 0.25) is 0 Å². The van der Waals surface area contributed by atoms with Gasteiger partial charge in [-0.1, -0.05) is 19.9 Å². The fourth-order valence-electron chi connectivity index (χ4n) is 1.76. The van der Waals surface area contributed by atoms with E-state index < -0.39 is 11.3 Å². The number of hydrogen-bond acceptors (Lipinski definition) is 3. The Morgan fingerprint density at radius 1 is 1.62 bits per heavy atom. The number of hydrogen-bond donors (Lipinski definition) is 1. The van der Waals surface area contributed by atoms with Gasteiger partial charge < -0.3 is 17.9 Å². The molecule has 1 aliphatic rings. The summed E-state index contributed by atoms with van der Waals surface area (Å²) >= 11 is 4.69. The molecule has 1 rings (SSSR count). The predicted octanol–water partition coefficient (Wildman–Crippen LogP) is -2.23. The minimum Gasteiger partial charge on any atom is -0.742 e. The number of carbonyl (C=O) groups excluding carboxylic acids is 2. The fourth-order valence-corrected chi connectivity index (χ4v) is 1.94. The zero-order chi connectivity index (χ0) is 11.6. The molecule has 6 heteroatoms. The van der Waals surface area contributed by atoms with Gasteiger partial charge in [-0.3, -0.25) is 9.59 Å². The topological polar surface area (TPSA) is 58.5 Å². The van der Waals surface area contributed by atoms with E-state index in [4.69, 9.17) is 0 Å². The zero-order valence-corrected chi connectivity index (χ0v) is 12.6. The van der Waals surface area contributed by atoms with E-state index in [2.05, 4.69) is 29.5 Å². The van der Waals surface area contributed by atoms with E-state index >= 15 is 0 Å². The number of nitrogens with one attached hydrogen (secondary N) is 1. The second-order valence-electron chi connectivity index (χ2n) is 3.53. The molecule has 0 aliphatic carbocycles. The molecule has 0 saturated heterocycles. The summed E-state index contributed by atoms with van der Waals surface area (Å²) in [6, 6.07) is 0. The Balaban J connectivity index is 0.00000225. The van der Waals surface area contributed by atoms with E-state index in [0.29, 0.717) is 6.42 Å². The van der Waals surface area contributed by atoms with Gasteiger partial charge in [-0.05, 0) is 17.5 Å². The monoisotopic (exact) mass is 248 g/mol. The Morgan fingerprint density at radius 2 is 2.19 bits per heavy atom. The fraction of sp³-hybridized carbons (Fsp3) is 0.500. The number of amides is 2. The first-order valence-electron chi connectivity index (χ1n) is 4.73. The van der Waals surface area contributed by atoms with Crippen molar-refractivity contribution in [3.05, 3.63) is 12.7 Å². The molecule has 2 unspecified atom stereocenters. The van der Waals surface area contributed by atoms with Crippen LogP contribution in [0.25, 0.3) is 0 Å². The van der Waals surface area contributed by atoms with Gasteiger partial charge in [0, 0.05) is 0 Å². The number of nitrogens with zero attached hydrogens (tertiary/aromatic N) is 1. The molecular formula is C10H13N2NaO2S. The van der Waals surface area contributed by atoms with Crippen molar-refractivity contribution in [1.82, 2.24) is 5.32 Å². The average Bonchev–Trinajstić information content (AvgIpc) is 2.17. The molecule has 0 bridgehead atoms. The Bertz CT molecular complexity index is 357. The number of aliphatic imine (C=N–C) groups is 1. The molecular weight excluding hydrogens is 235 g/mol.